The minimum atomic E-state index is -0.826. The Morgan fingerprint density at radius 1 is 1.06 bits per heavy atom. The number of hydrogen-bond donors (Lipinski definition) is 1. The van der Waals surface area contributed by atoms with Crippen molar-refractivity contribution in [1.29, 1.82) is 0 Å². The third-order valence-corrected chi connectivity index (χ3v) is 7.62. The van der Waals surface area contributed by atoms with Crippen LogP contribution in [0.4, 0.5) is 9.39 Å². The van der Waals surface area contributed by atoms with Crippen LogP contribution < -0.4 is 5.32 Å². The fourth-order valence-electron chi connectivity index (χ4n) is 4.72. The number of carbonyl (C=O) groups excluding carboxylic acids is 3. The molecule has 2 heterocycles. The summed E-state index contributed by atoms with van der Waals surface area (Å²) in [7, 11) is 0. The topological polar surface area (TPSA) is 77.4 Å². The van der Waals surface area contributed by atoms with E-state index >= 15 is 0 Å². The molecule has 4 aromatic rings. The molecule has 5 rings (SSSR count). The van der Waals surface area contributed by atoms with Gasteiger partial charge in [0.1, 0.15) is 10.8 Å². The minimum Gasteiger partial charge on any atom is -0.462 e. The molecule has 0 unspecified atom stereocenters. The van der Waals surface area contributed by atoms with Gasteiger partial charge in [0.15, 0.2) is 0 Å². The number of fused-ring (bicyclic) bond motifs is 2. The molecule has 1 aliphatic rings. The van der Waals surface area contributed by atoms with Crippen molar-refractivity contribution in [2.45, 2.75) is 39.2 Å². The highest BCUT2D eigenvalue weighted by molar-refractivity contribution is 7.17. The van der Waals surface area contributed by atoms with Gasteiger partial charge < -0.3 is 14.6 Å². The second-order valence-corrected chi connectivity index (χ2v) is 9.80. The van der Waals surface area contributed by atoms with Gasteiger partial charge in [-0.2, -0.15) is 0 Å². The number of hydrogen-bond acceptors (Lipinski definition) is 5. The van der Waals surface area contributed by atoms with E-state index in [-0.39, 0.29) is 24.5 Å². The third kappa shape index (κ3) is 4.44. The molecule has 0 spiro atoms. The lowest BCUT2D eigenvalue weighted by atomic mass is 9.95. The van der Waals surface area contributed by atoms with Crippen LogP contribution in [0.15, 0.2) is 54.7 Å². The second-order valence-electron chi connectivity index (χ2n) is 8.70. The number of esters is 1. The Morgan fingerprint density at radius 3 is 2.61 bits per heavy atom. The first-order valence-corrected chi connectivity index (χ1v) is 12.8. The average molecular weight is 505 g/mol. The van der Waals surface area contributed by atoms with Crippen molar-refractivity contribution < 1.29 is 23.5 Å². The summed E-state index contributed by atoms with van der Waals surface area (Å²) >= 11 is 1.34. The zero-order chi connectivity index (χ0) is 25.2. The lowest BCUT2D eigenvalue weighted by molar-refractivity contribution is -0.112. The minimum absolute atomic E-state index is 0.215. The van der Waals surface area contributed by atoms with E-state index in [1.807, 2.05) is 12.1 Å². The summed E-state index contributed by atoms with van der Waals surface area (Å²) in [5.74, 6) is -2.37. The molecule has 184 valence electrons. The van der Waals surface area contributed by atoms with Crippen molar-refractivity contribution >= 4 is 44.9 Å². The molecule has 2 aromatic carbocycles. The van der Waals surface area contributed by atoms with E-state index in [1.165, 1.54) is 17.4 Å². The number of Topliss-reactive ketones (excluding diaryl/α,β-unsaturated/α-hetero) is 1. The smallest absolute Gasteiger partial charge is 0.341 e. The van der Waals surface area contributed by atoms with Gasteiger partial charge in [0.2, 0.25) is 0 Å². The summed E-state index contributed by atoms with van der Waals surface area (Å²) in [4.78, 5) is 40.2. The fourth-order valence-corrected chi connectivity index (χ4v) is 6.00. The maximum atomic E-state index is 14.3. The standard InChI is InChI=1S/C28H25FN2O4S/c1-2-35-28(34)24-19-11-5-8-14-23(19)36-27(24)30-26(33)25(32)20-16-31(22-13-7-4-10-18(20)22)15-17-9-3-6-12-21(17)29/h3-4,6-7,9-10,12-13,16H,2,5,8,11,14-15H2,1H3,(H,30,33). The lowest BCUT2D eigenvalue weighted by Gasteiger charge is -2.12. The van der Waals surface area contributed by atoms with Gasteiger partial charge in [0.25, 0.3) is 11.7 Å². The van der Waals surface area contributed by atoms with Crippen LogP contribution in [0, 0.1) is 5.82 Å². The fraction of sp³-hybridized carbons (Fsp3) is 0.250. The summed E-state index contributed by atoms with van der Waals surface area (Å²) in [5, 5.41) is 3.66. The van der Waals surface area contributed by atoms with Crippen LogP contribution in [-0.4, -0.2) is 28.8 Å². The number of nitrogens with zero attached hydrogens (tertiary/aromatic N) is 1. The van der Waals surface area contributed by atoms with Gasteiger partial charge in [0, 0.05) is 27.5 Å². The Balaban J connectivity index is 1.47. The molecule has 0 aliphatic heterocycles. The van der Waals surface area contributed by atoms with Crippen LogP contribution in [0.3, 0.4) is 0 Å². The summed E-state index contributed by atoms with van der Waals surface area (Å²) in [6, 6.07) is 13.7. The molecule has 1 aliphatic carbocycles. The Kier molecular flexibility index (Phi) is 6.69. The lowest BCUT2D eigenvalue weighted by Crippen LogP contribution is -2.23. The highest BCUT2D eigenvalue weighted by Crippen LogP contribution is 2.38. The summed E-state index contributed by atoms with van der Waals surface area (Å²) < 4.78 is 21.3. The molecule has 0 radical (unpaired) electrons. The molecule has 1 N–H and O–H groups in total. The highest BCUT2D eigenvalue weighted by Gasteiger charge is 2.29. The number of anilines is 1. The molecule has 0 atom stereocenters. The molecule has 0 bridgehead atoms. The highest BCUT2D eigenvalue weighted by atomic mass is 32.1. The first kappa shape index (κ1) is 23.9. The number of ketones is 1. The molecule has 36 heavy (non-hydrogen) atoms. The largest absolute Gasteiger partial charge is 0.462 e. The number of thiophene rings is 1. The number of ether oxygens (including phenoxy) is 1. The van der Waals surface area contributed by atoms with Gasteiger partial charge in [0.05, 0.1) is 24.3 Å². The van der Waals surface area contributed by atoms with Gasteiger partial charge >= 0.3 is 5.97 Å². The molecule has 8 heteroatoms. The van der Waals surface area contributed by atoms with Crippen LogP contribution >= 0.6 is 11.3 Å². The van der Waals surface area contributed by atoms with E-state index < -0.39 is 17.7 Å². The predicted octanol–water partition coefficient (Wildman–Crippen LogP) is 5.77. The Labute approximate surface area is 211 Å². The molecule has 0 saturated carbocycles. The Bertz CT molecular complexity index is 1490. The van der Waals surface area contributed by atoms with Gasteiger partial charge in [-0.05, 0) is 50.3 Å². The van der Waals surface area contributed by atoms with E-state index in [0.717, 1.165) is 41.6 Å². The van der Waals surface area contributed by atoms with Crippen LogP contribution in [0.2, 0.25) is 0 Å². The summed E-state index contributed by atoms with van der Waals surface area (Å²) in [6.45, 7) is 2.17. The quantitative estimate of drug-likeness (QED) is 0.197. The van der Waals surface area contributed by atoms with Crippen LogP contribution in [0.1, 0.15) is 56.5 Å². The zero-order valence-corrected chi connectivity index (χ0v) is 20.6. The predicted molar refractivity (Wildman–Crippen MR) is 137 cm³/mol. The molecule has 6 nitrogen and oxygen atoms in total. The number of benzene rings is 2. The van der Waals surface area contributed by atoms with Crippen molar-refractivity contribution in [2.24, 2.45) is 0 Å². The van der Waals surface area contributed by atoms with Crippen LogP contribution in [0.5, 0.6) is 0 Å². The van der Waals surface area contributed by atoms with E-state index in [4.69, 9.17) is 4.74 Å². The molecular formula is C28H25FN2O4S. The molecule has 0 saturated heterocycles. The van der Waals surface area contributed by atoms with Crippen molar-refractivity contribution in [3.63, 3.8) is 0 Å². The van der Waals surface area contributed by atoms with Crippen molar-refractivity contribution in [1.82, 2.24) is 4.57 Å². The van der Waals surface area contributed by atoms with E-state index in [1.54, 1.807) is 48.0 Å². The van der Waals surface area contributed by atoms with E-state index in [0.29, 0.717) is 21.5 Å². The molecular weight excluding hydrogens is 479 g/mol. The number of rotatable bonds is 7. The Morgan fingerprint density at radius 2 is 1.81 bits per heavy atom. The van der Waals surface area contributed by atoms with Gasteiger partial charge in [-0.3, -0.25) is 9.59 Å². The third-order valence-electron chi connectivity index (χ3n) is 6.42. The SMILES string of the molecule is CCOC(=O)c1c(NC(=O)C(=O)c2cn(Cc3ccccc3F)c3ccccc23)sc2c1CCCC2. The molecule has 0 fully saturated rings. The maximum Gasteiger partial charge on any atom is 0.341 e. The maximum absolute atomic E-state index is 14.3. The van der Waals surface area contributed by atoms with Gasteiger partial charge in [-0.1, -0.05) is 36.4 Å². The van der Waals surface area contributed by atoms with Crippen LogP contribution in [0.25, 0.3) is 10.9 Å². The first-order chi connectivity index (χ1) is 17.5. The number of para-hydroxylation sites is 1. The molecule has 2 aromatic heterocycles. The average Bonchev–Trinajstić information content (AvgIpc) is 3.43. The Hall–Kier alpha value is -3.78. The number of aryl methyl sites for hydroxylation is 1. The van der Waals surface area contributed by atoms with E-state index in [9.17, 15) is 18.8 Å². The van der Waals surface area contributed by atoms with Gasteiger partial charge in [-0.15, -0.1) is 11.3 Å². The number of carbonyl (C=O) groups is 3. The number of halogens is 1. The number of aromatic nitrogens is 1. The van der Waals surface area contributed by atoms with Crippen LogP contribution in [-0.2, 0) is 28.9 Å². The number of amides is 1. The normalized spacial score (nSPS) is 12.8. The van der Waals surface area contributed by atoms with E-state index in [2.05, 4.69) is 5.32 Å². The summed E-state index contributed by atoms with van der Waals surface area (Å²) in [6.07, 6.45) is 5.14. The van der Waals surface area contributed by atoms with Crippen molar-refractivity contribution in [2.75, 3.05) is 11.9 Å². The first-order valence-electron chi connectivity index (χ1n) is 12.0. The number of nitrogens with one attached hydrogen (secondary N) is 1. The van der Waals surface area contributed by atoms with Gasteiger partial charge in [-0.25, -0.2) is 9.18 Å². The monoisotopic (exact) mass is 504 g/mol. The zero-order valence-electron chi connectivity index (χ0n) is 19.8. The second kappa shape index (κ2) is 10.1. The van der Waals surface area contributed by atoms with Crippen molar-refractivity contribution in [3.05, 3.63) is 87.7 Å². The summed E-state index contributed by atoms with van der Waals surface area (Å²) in [5.41, 5.74) is 2.69. The molecule has 1 amide bonds. The van der Waals surface area contributed by atoms with Crippen molar-refractivity contribution in [3.8, 4) is 0 Å².